The van der Waals surface area contributed by atoms with Crippen molar-refractivity contribution in [3.05, 3.63) is 0 Å². The van der Waals surface area contributed by atoms with Crippen LogP contribution in [-0.4, -0.2) is 48.3 Å². The van der Waals surface area contributed by atoms with E-state index in [9.17, 15) is 61.5 Å². The van der Waals surface area contributed by atoms with Crippen LogP contribution in [0.4, 0.5) is 61.5 Å². The minimum Gasteiger partial charge on any atom is -0.356 e. The maximum absolute atomic E-state index is 12.9. The highest BCUT2D eigenvalue weighted by molar-refractivity contribution is 5.13. The molecule has 1 rings (SSSR count). The van der Waals surface area contributed by atoms with Crippen molar-refractivity contribution in [1.29, 1.82) is 0 Å². The van der Waals surface area contributed by atoms with Crippen molar-refractivity contribution in [3.63, 3.8) is 0 Å². The van der Waals surface area contributed by atoms with Crippen LogP contribution in [0.1, 0.15) is 0 Å². The Morgan fingerprint density at radius 1 is 0.435 bits per heavy atom. The summed E-state index contributed by atoms with van der Waals surface area (Å²) in [5.41, 5.74) is 0. The average molecular weight is 380 g/mol. The van der Waals surface area contributed by atoms with Gasteiger partial charge in [-0.25, -0.2) is 0 Å². The highest BCUT2D eigenvalue weighted by Gasteiger charge is 2.87. The first-order valence-electron chi connectivity index (χ1n) is 5.03. The summed E-state index contributed by atoms with van der Waals surface area (Å²) < 4.78 is 175. The summed E-state index contributed by atoms with van der Waals surface area (Å²) in [6.07, 6.45) is -22.4. The summed E-state index contributed by atoms with van der Waals surface area (Å²) in [6.45, 7) is 0. The Morgan fingerprint density at radius 2 is 0.652 bits per heavy atom. The van der Waals surface area contributed by atoms with Crippen LogP contribution in [0.25, 0.3) is 0 Å². The maximum Gasteiger partial charge on any atom is 0.459 e. The quantitative estimate of drug-likeness (QED) is 0.520. The Kier molecular flexibility index (Phi) is 4.14. The number of rotatable bonds is 4. The van der Waals surface area contributed by atoms with E-state index < -0.39 is 48.3 Å². The zero-order valence-electron chi connectivity index (χ0n) is 9.85. The van der Waals surface area contributed by atoms with E-state index in [0.29, 0.717) is 0 Å². The van der Waals surface area contributed by atoms with E-state index in [4.69, 9.17) is 0 Å². The van der Waals surface area contributed by atoms with E-state index in [1.807, 2.05) is 0 Å². The molecule has 1 saturated heterocycles. The molecule has 0 radical (unpaired) electrons. The summed E-state index contributed by atoms with van der Waals surface area (Å²) in [5.74, 6) is -27.0. The normalized spacial score (nSPS) is 24.8. The molecule has 1 nitrogen and oxygen atoms in total. The largest absolute Gasteiger partial charge is 0.459 e. The van der Waals surface area contributed by atoms with Crippen LogP contribution >= 0.6 is 0 Å². The van der Waals surface area contributed by atoms with Crippen LogP contribution in [-0.2, 0) is 4.74 Å². The third-order valence-electron chi connectivity index (χ3n) is 2.76. The Balaban J connectivity index is 3.12. The molecule has 1 heterocycles. The van der Waals surface area contributed by atoms with Gasteiger partial charge in [0, 0.05) is 0 Å². The highest BCUT2D eigenvalue weighted by atomic mass is 19.4. The van der Waals surface area contributed by atoms with Gasteiger partial charge in [-0.2, -0.15) is 61.5 Å². The number of alkyl halides is 14. The molecule has 138 valence electrons. The van der Waals surface area contributed by atoms with Crippen molar-refractivity contribution in [2.45, 2.75) is 48.3 Å². The molecule has 0 aromatic heterocycles. The minimum atomic E-state index is -7.00. The molecule has 1 aliphatic rings. The molecule has 23 heavy (non-hydrogen) atoms. The van der Waals surface area contributed by atoms with Crippen molar-refractivity contribution in [1.82, 2.24) is 0 Å². The molecule has 15 heteroatoms. The molecule has 0 spiro atoms. The van der Waals surface area contributed by atoms with Gasteiger partial charge in [-0.1, -0.05) is 0 Å². The maximum atomic E-state index is 12.9. The smallest absolute Gasteiger partial charge is 0.356 e. The Morgan fingerprint density at radius 3 is 0.826 bits per heavy atom. The third-order valence-corrected chi connectivity index (χ3v) is 2.76. The van der Waals surface area contributed by atoms with Gasteiger partial charge in [0.2, 0.25) is 0 Å². The van der Waals surface area contributed by atoms with Crippen molar-refractivity contribution in [2.24, 2.45) is 0 Å². The third kappa shape index (κ3) is 2.69. The molecule has 0 aliphatic carbocycles. The highest BCUT2D eigenvalue weighted by Crippen LogP contribution is 2.59. The van der Waals surface area contributed by atoms with Gasteiger partial charge in [-0.3, -0.25) is 0 Å². The lowest BCUT2D eigenvalue weighted by Gasteiger charge is -2.29. The minimum absolute atomic E-state index is 2.95. The first kappa shape index (κ1) is 20.0. The molecular weight excluding hydrogens is 378 g/mol. The van der Waals surface area contributed by atoms with Gasteiger partial charge in [0.25, 0.3) is 0 Å². The van der Waals surface area contributed by atoms with E-state index in [2.05, 4.69) is 4.74 Å². The fourth-order valence-electron chi connectivity index (χ4n) is 1.40. The van der Waals surface area contributed by atoms with E-state index in [1.54, 1.807) is 0 Å². The second-order valence-electron chi connectivity index (χ2n) is 4.37. The van der Waals surface area contributed by atoms with E-state index in [0.717, 1.165) is 0 Å². The van der Waals surface area contributed by atoms with Crippen LogP contribution in [0.5, 0.6) is 0 Å². The second-order valence-corrected chi connectivity index (χ2v) is 4.37. The molecule has 0 unspecified atom stereocenters. The molecular formula is C8H2F14O. The molecule has 1 fully saturated rings. The lowest BCUT2D eigenvalue weighted by molar-refractivity contribution is -0.363. The standard InChI is InChI=1S/C8H2F14O/c9-3(10,5(13,14)7(17,18)19)1-2(23-1)4(11,12)6(15,16)8(20,21)22/h1-2H/t1-,2-/m1/s1. The van der Waals surface area contributed by atoms with E-state index in [-0.39, 0.29) is 0 Å². The van der Waals surface area contributed by atoms with Crippen LogP contribution in [0.15, 0.2) is 0 Å². The molecule has 0 bridgehead atoms. The fourth-order valence-corrected chi connectivity index (χ4v) is 1.40. The van der Waals surface area contributed by atoms with Crippen molar-refractivity contribution in [3.8, 4) is 0 Å². The topological polar surface area (TPSA) is 12.5 Å². The van der Waals surface area contributed by atoms with Crippen LogP contribution in [0.3, 0.4) is 0 Å². The first-order valence-corrected chi connectivity index (χ1v) is 5.03. The molecule has 2 atom stereocenters. The molecule has 0 N–H and O–H groups in total. The first-order chi connectivity index (χ1) is 9.73. The van der Waals surface area contributed by atoms with Gasteiger partial charge in [-0.15, -0.1) is 0 Å². The molecule has 0 amide bonds. The SMILES string of the molecule is FC(F)(F)C(F)(F)C(F)(F)[C@@H]1O[C@H]1C(F)(F)C(F)(F)C(F)(F)F. The zero-order chi connectivity index (χ0) is 18.9. The second kappa shape index (κ2) is 4.75. The van der Waals surface area contributed by atoms with Gasteiger partial charge in [0.15, 0.2) is 12.2 Å². The summed E-state index contributed by atoms with van der Waals surface area (Å²) >= 11 is 0. The predicted octanol–water partition coefficient (Wildman–Crippen LogP) is 4.42. The van der Waals surface area contributed by atoms with E-state index in [1.165, 1.54) is 0 Å². The van der Waals surface area contributed by atoms with Gasteiger partial charge in [0.1, 0.15) is 0 Å². The number of halogens is 14. The van der Waals surface area contributed by atoms with Crippen molar-refractivity contribution in [2.75, 3.05) is 0 Å². The van der Waals surface area contributed by atoms with E-state index >= 15 is 0 Å². The van der Waals surface area contributed by atoms with Crippen molar-refractivity contribution >= 4 is 0 Å². The molecule has 1 aliphatic heterocycles. The predicted molar refractivity (Wildman–Crippen MR) is 40.6 cm³/mol. The number of hydrogen-bond acceptors (Lipinski definition) is 1. The zero-order valence-corrected chi connectivity index (χ0v) is 9.85. The van der Waals surface area contributed by atoms with Gasteiger partial charge < -0.3 is 4.74 Å². The summed E-state index contributed by atoms with van der Waals surface area (Å²) in [7, 11) is 0. The molecule has 0 saturated carbocycles. The van der Waals surface area contributed by atoms with Crippen LogP contribution in [0, 0.1) is 0 Å². The lowest BCUT2D eigenvalue weighted by atomic mass is 9.99. The summed E-state index contributed by atoms with van der Waals surface area (Å²) in [6, 6.07) is 0. The van der Waals surface area contributed by atoms with Crippen LogP contribution < -0.4 is 0 Å². The number of hydrogen-bond donors (Lipinski definition) is 0. The molecule has 0 aromatic rings. The summed E-state index contributed by atoms with van der Waals surface area (Å²) in [5, 5.41) is 0. The lowest BCUT2D eigenvalue weighted by Crippen LogP contribution is -2.59. The monoisotopic (exact) mass is 380 g/mol. The fraction of sp³-hybridized carbons (Fsp3) is 1.00. The van der Waals surface area contributed by atoms with Gasteiger partial charge in [0.05, 0.1) is 0 Å². The van der Waals surface area contributed by atoms with Gasteiger partial charge in [-0.05, 0) is 0 Å². The summed E-state index contributed by atoms with van der Waals surface area (Å²) in [4.78, 5) is 0. The average Bonchev–Trinajstić information content (AvgIpc) is 3.05. The Labute approximate surface area is 116 Å². The van der Waals surface area contributed by atoms with Crippen LogP contribution in [0.2, 0.25) is 0 Å². The van der Waals surface area contributed by atoms with Crippen molar-refractivity contribution < 1.29 is 66.2 Å². The molecule has 0 aromatic carbocycles. The number of ether oxygens (including phenoxy) is 1. The Bertz CT molecular complexity index is 416. The van der Waals surface area contributed by atoms with Gasteiger partial charge >= 0.3 is 36.0 Å². The Hall–Kier alpha value is -1.02. The number of epoxide rings is 1.